The lowest BCUT2D eigenvalue weighted by atomic mass is 9.84. The molecule has 1 aromatic carbocycles. The first-order valence-corrected chi connectivity index (χ1v) is 9.98. The van der Waals surface area contributed by atoms with E-state index >= 15 is 0 Å². The first-order valence-electron chi connectivity index (χ1n) is 8.54. The monoisotopic (exact) mass is 353 g/mol. The van der Waals surface area contributed by atoms with Gasteiger partial charge in [-0.1, -0.05) is 59.2 Å². The van der Waals surface area contributed by atoms with Crippen molar-refractivity contribution in [1.82, 2.24) is 4.31 Å². The first-order chi connectivity index (χ1) is 10.8. The minimum atomic E-state index is -3.51. The van der Waals surface area contributed by atoms with Gasteiger partial charge in [0.15, 0.2) is 0 Å². The lowest BCUT2D eigenvalue weighted by molar-refractivity contribution is -0.143. The maximum Gasteiger partial charge on any atom is 0.243 e. The molecule has 1 saturated heterocycles. The number of rotatable bonds is 2. The number of hydrogen-bond donors (Lipinski definition) is 0. The predicted octanol–water partition coefficient (Wildman–Crippen LogP) is 3.85. The molecule has 1 heterocycles. The summed E-state index contributed by atoms with van der Waals surface area (Å²) in [6.07, 6.45) is -0.258. The van der Waals surface area contributed by atoms with Crippen LogP contribution in [0.25, 0.3) is 0 Å². The summed E-state index contributed by atoms with van der Waals surface area (Å²) in [6.45, 7) is 15.3. The molecule has 0 spiro atoms. The SMILES string of the molecule is Cc1ccc(S(=O)(=O)N2C[C@@H](C(C)(C)C)O[C@@H](C(C)(C)C)C2)cc1. The summed E-state index contributed by atoms with van der Waals surface area (Å²) in [7, 11) is -3.51. The van der Waals surface area contributed by atoms with Crippen molar-refractivity contribution in [3.05, 3.63) is 29.8 Å². The average Bonchev–Trinajstić information content (AvgIpc) is 2.45. The van der Waals surface area contributed by atoms with Gasteiger partial charge in [0.25, 0.3) is 0 Å². The molecule has 0 unspecified atom stereocenters. The fourth-order valence-corrected chi connectivity index (χ4v) is 4.18. The standard InChI is InChI=1S/C19H31NO3S/c1-14-8-10-15(11-9-14)24(21,22)20-12-16(18(2,3)4)23-17(13-20)19(5,6)7/h8-11,16-17H,12-13H2,1-7H3/t16-,17+. The molecule has 136 valence electrons. The topological polar surface area (TPSA) is 46.6 Å². The molecule has 24 heavy (non-hydrogen) atoms. The molecule has 0 aliphatic carbocycles. The summed E-state index contributed by atoms with van der Waals surface area (Å²) < 4.78 is 34.1. The predicted molar refractivity (Wildman–Crippen MR) is 97.5 cm³/mol. The van der Waals surface area contributed by atoms with Gasteiger partial charge in [-0.3, -0.25) is 0 Å². The zero-order chi connectivity index (χ0) is 18.3. The summed E-state index contributed by atoms with van der Waals surface area (Å²) in [5.41, 5.74) is 0.812. The third-order valence-electron chi connectivity index (χ3n) is 4.66. The van der Waals surface area contributed by atoms with Crippen molar-refractivity contribution in [2.75, 3.05) is 13.1 Å². The molecule has 2 atom stereocenters. The van der Waals surface area contributed by atoms with Crippen LogP contribution in [0.5, 0.6) is 0 Å². The lowest BCUT2D eigenvalue weighted by Gasteiger charge is -2.46. The van der Waals surface area contributed by atoms with Gasteiger partial charge >= 0.3 is 0 Å². The van der Waals surface area contributed by atoms with Crippen LogP contribution in [0.1, 0.15) is 47.1 Å². The van der Waals surface area contributed by atoms with E-state index in [1.54, 1.807) is 16.4 Å². The molecule has 5 heteroatoms. The number of nitrogens with zero attached hydrogens (tertiary/aromatic N) is 1. The molecular formula is C19H31NO3S. The second-order valence-corrected chi connectivity index (χ2v) is 10.9. The average molecular weight is 354 g/mol. The summed E-state index contributed by atoms with van der Waals surface area (Å²) >= 11 is 0. The molecule has 2 rings (SSSR count). The highest BCUT2D eigenvalue weighted by Crippen LogP contribution is 2.35. The molecule has 0 bridgehead atoms. The Kier molecular flexibility index (Phi) is 5.20. The van der Waals surface area contributed by atoms with Crippen molar-refractivity contribution in [3.8, 4) is 0 Å². The molecule has 1 fully saturated rings. The van der Waals surface area contributed by atoms with E-state index < -0.39 is 10.0 Å². The van der Waals surface area contributed by atoms with Gasteiger partial charge in [0.05, 0.1) is 17.1 Å². The van der Waals surface area contributed by atoms with Gasteiger partial charge in [-0.15, -0.1) is 0 Å². The minimum absolute atomic E-state index is 0.120. The van der Waals surface area contributed by atoms with Gasteiger partial charge in [0.1, 0.15) is 0 Å². The lowest BCUT2D eigenvalue weighted by Crippen LogP contribution is -2.56. The molecule has 1 aliphatic heterocycles. The number of morpholine rings is 1. The van der Waals surface area contributed by atoms with Crippen LogP contribution in [0.3, 0.4) is 0 Å². The normalized spacial score (nSPS) is 24.1. The van der Waals surface area contributed by atoms with E-state index in [1.807, 2.05) is 19.1 Å². The summed E-state index contributed by atoms with van der Waals surface area (Å²) in [4.78, 5) is 0.357. The van der Waals surface area contributed by atoms with Crippen LogP contribution >= 0.6 is 0 Å². The molecule has 1 aromatic rings. The van der Waals surface area contributed by atoms with Crippen molar-refractivity contribution in [1.29, 1.82) is 0 Å². The van der Waals surface area contributed by atoms with Gasteiger partial charge in [0, 0.05) is 13.1 Å². The molecule has 0 radical (unpaired) electrons. The van der Waals surface area contributed by atoms with Crippen LogP contribution in [0.4, 0.5) is 0 Å². The minimum Gasteiger partial charge on any atom is -0.371 e. The Morgan fingerprint density at radius 1 is 0.917 bits per heavy atom. The summed E-state index contributed by atoms with van der Waals surface area (Å²) in [6, 6.07) is 7.07. The van der Waals surface area contributed by atoms with E-state index in [1.165, 1.54) is 0 Å². The Balaban J connectivity index is 2.38. The Labute approximate surface area is 147 Å². The van der Waals surface area contributed by atoms with Gasteiger partial charge in [-0.2, -0.15) is 4.31 Å². The van der Waals surface area contributed by atoms with Crippen LogP contribution in [-0.4, -0.2) is 38.0 Å². The highest BCUT2D eigenvalue weighted by Gasteiger charge is 2.43. The van der Waals surface area contributed by atoms with Crippen LogP contribution < -0.4 is 0 Å². The van der Waals surface area contributed by atoms with Crippen LogP contribution in [-0.2, 0) is 14.8 Å². The highest BCUT2D eigenvalue weighted by molar-refractivity contribution is 7.89. The maximum absolute atomic E-state index is 13.1. The number of sulfonamides is 1. The fourth-order valence-electron chi connectivity index (χ4n) is 2.74. The quantitative estimate of drug-likeness (QED) is 0.811. The van der Waals surface area contributed by atoms with Gasteiger partial charge in [-0.05, 0) is 29.9 Å². The Morgan fingerprint density at radius 3 is 1.71 bits per heavy atom. The van der Waals surface area contributed by atoms with E-state index in [0.717, 1.165) is 5.56 Å². The van der Waals surface area contributed by atoms with E-state index in [-0.39, 0.29) is 23.0 Å². The zero-order valence-corrected chi connectivity index (χ0v) is 16.8. The molecule has 0 N–H and O–H groups in total. The van der Waals surface area contributed by atoms with Crippen LogP contribution in [0.15, 0.2) is 29.2 Å². The largest absolute Gasteiger partial charge is 0.371 e. The maximum atomic E-state index is 13.1. The van der Waals surface area contributed by atoms with E-state index in [9.17, 15) is 8.42 Å². The second-order valence-electron chi connectivity index (χ2n) is 8.98. The zero-order valence-electron chi connectivity index (χ0n) is 16.0. The second kappa shape index (κ2) is 6.43. The Bertz CT molecular complexity index is 644. The van der Waals surface area contributed by atoms with E-state index in [0.29, 0.717) is 18.0 Å². The highest BCUT2D eigenvalue weighted by atomic mass is 32.2. The van der Waals surface area contributed by atoms with Gasteiger partial charge < -0.3 is 4.74 Å². The molecule has 0 amide bonds. The molecular weight excluding hydrogens is 322 g/mol. The van der Waals surface area contributed by atoms with Crippen molar-refractivity contribution >= 4 is 10.0 Å². The number of ether oxygens (including phenoxy) is 1. The van der Waals surface area contributed by atoms with Crippen LogP contribution in [0, 0.1) is 17.8 Å². The Morgan fingerprint density at radius 2 is 1.33 bits per heavy atom. The van der Waals surface area contributed by atoms with E-state index in [2.05, 4.69) is 41.5 Å². The van der Waals surface area contributed by atoms with Gasteiger partial charge in [-0.25, -0.2) is 8.42 Å². The molecule has 4 nitrogen and oxygen atoms in total. The van der Waals surface area contributed by atoms with Crippen molar-refractivity contribution in [3.63, 3.8) is 0 Å². The van der Waals surface area contributed by atoms with Gasteiger partial charge in [0.2, 0.25) is 10.0 Å². The Hall–Kier alpha value is -0.910. The first kappa shape index (κ1) is 19.4. The van der Waals surface area contributed by atoms with E-state index in [4.69, 9.17) is 4.74 Å². The molecule has 0 aromatic heterocycles. The number of benzene rings is 1. The van der Waals surface area contributed by atoms with Crippen molar-refractivity contribution < 1.29 is 13.2 Å². The van der Waals surface area contributed by atoms with Crippen LogP contribution in [0.2, 0.25) is 0 Å². The summed E-state index contributed by atoms with van der Waals surface area (Å²) in [5, 5.41) is 0. The summed E-state index contributed by atoms with van der Waals surface area (Å²) in [5.74, 6) is 0. The number of hydrogen-bond acceptors (Lipinski definition) is 3. The molecule has 0 saturated carbocycles. The third kappa shape index (κ3) is 4.19. The fraction of sp³-hybridized carbons (Fsp3) is 0.684. The van der Waals surface area contributed by atoms with Crippen molar-refractivity contribution in [2.24, 2.45) is 10.8 Å². The smallest absolute Gasteiger partial charge is 0.243 e. The third-order valence-corrected chi connectivity index (χ3v) is 6.50. The van der Waals surface area contributed by atoms with Crippen molar-refractivity contribution in [2.45, 2.75) is 65.6 Å². The number of aryl methyl sites for hydroxylation is 1. The molecule has 1 aliphatic rings.